The van der Waals surface area contributed by atoms with Gasteiger partial charge in [0, 0.05) is 32.3 Å². The highest BCUT2D eigenvalue weighted by molar-refractivity contribution is 5.92. The third-order valence-corrected chi connectivity index (χ3v) is 3.56. The Morgan fingerprint density at radius 1 is 1.45 bits per heavy atom. The van der Waals surface area contributed by atoms with Gasteiger partial charge >= 0.3 is 12.1 Å². The SMILES string of the molecule is Cn1nccc1C(=O)N1CC[C@H](c2noc(C(F)(F)F)n2)C1. The van der Waals surface area contributed by atoms with Crippen molar-refractivity contribution in [3.63, 3.8) is 0 Å². The van der Waals surface area contributed by atoms with Gasteiger partial charge in [-0.1, -0.05) is 5.16 Å². The van der Waals surface area contributed by atoms with Crippen LogP contribution in [0.25, 0.3) is 0 Å². The summed E-state index contributed by atoms with van der Waals surface area (Å²) in [5.74, 6) is -1.97. The van der Waals surface area contributed by atoms with Gasteiger partial charge in [0.2, 0.25) is 0 Å². The molecule has 10 heteroatoms. The summed E-state index contributed by atoms with van der Waals surface area (Å²) in [7, 11) is 1.65. The molecule has 2 aromatic rings. The van der Waals surface area contributed by atoms with Gasteiger partial charge in [-0.3, -0.25) is 9.48 Å². The number of halogens is 3. The molecule has 1 saturated heterocycles. The molecule has 0 aliphatic carbocycles. The van der Waals surface area contributed by atoms with Crippen LogP contribution >= 0.6 is 0 Å². The Bertz CT molecular complexity index is 693. The molecule has 1 fully saturated rings. The fraction of sp³-hybridized carbons (Fsp3) is 0.500. The lowest BCUT2D eigenvalue weighted by Crippen LogP contribution is -2.30. The number of rotatable bonds is 2. The number of amides is 1. The van der Waals surface area contributed by atoms with E-state index < -0.39 is 12.1 Å². The van der Waals surface area contributed by atoms with Gasteiger partial charge in [-0.25, -0.2) is 0 Å². The molecule has 1 atom stereocenters. The number of nitrogens with zero attached hydrogens (tertiary/aromatic N) is 5. The minimum Gasteiger partial charge on any atom is -0.337 e. The summed E-state index contributed by atoms with van der Waals surface area (Å²) < 4.78 is 43.0. The average Bonchev–Trinajstić information content (AvgIpc) is 3.16. The predicted molar refractivity (Wildman–Crippen MR) is 65.8 cm³/mol. The van der Waals surface area contributed by atoms with E-state index in [0.717, 1.165) is 0 Å². The van der Waals surface area contributed by atoms with Crippen molar-refractivity contribution in [3.8, 4) is 0 Å². The molecule has 1 amide bonds. The van der Waals surface area contributed by atoms with E-state index in [-0.39, 0.29) is 24.2 Å². The molecule has 2 aromatic heterocycles. The number of carbonyl (C=O) groups is 1. The first-order chi connectivity index (χ1) is 10.4. The third kappa shape index (κ3) is 2.55. The van der Waals surface area contributed by atoms with Gasteiger partial charge in [0.15, 0.2) is 5.82 Å². The van der Waals surface area contributed by atoms with Crippen LogP contribution in [-0.2, 0) is 13.2 Å². The Labute approximate surface area is 122 Å². The van der Waals surface area contributed by atoms with E-state index in [0.29, 0.717) is 18.7 Å². The Balaban J connectivity index is 1.71. The van der Waals surface area contributed by atoms with Crippen molar-refractivity contribution < 1.29 is 22.5 Å². The Hall–Kier alpha value is -2.39. The summed E-state index contributed by atoms with van der Waals surface area (Å²) >= 11 is 0. The zero-order chi connectivity index (χ0) is 15.9. The van der Waals surface area contributed by atoms with Gasteiger partial charge in [0.1, 0.15) is 5.69 Å². The zero-order valence-electron chi connectivity index (χ0n) is 11.5. The number of hydrogen-bond acceptors (Lipinski definition) is 5. The normalized spacial score (nSPS) is 18.9. The number of hydrogen-bond donors (Lipinski definition) is 0. The van der Waals surface area contributed by atoms with Crippen molar-refractivity contribution in [1.29, 1.82) is 0 Å². The van der Waals surface area contributed by atoms with Crippen LogP contribution < -0.4 is 0 Å². The molecule has 0 spiro atoms. The van der Waals surface area contributed by atoms with Crippen LogP contribution in [0, 0.1) is 0 Å². The van der Waals surface area contributed by atoms with Crippen molar-refractivity contribution in [2.45, 2.75) is 18.5 Å². The maximum absolute atomic E-state index is 12.5. The van der Waals surface area contributed by atoms with Crippen LogP contribution in [0.15, 0.2) is 16.8 Å². The molecular weight excluding hydrogens is 303 g/mol. The lowest BCUT2D eigenvalue weighted by atomic mass is 10.1. The number of likely N-dealkylation sites (tertiary alicyclic amines) is 1. The van der Waals surface area contributed by atoms with Crippen molar-refractivity contribution in [2.75, 3.05) is 13.1 Å². The Kier molecular flexibility index (Phi) is 3.38. The van der Waals surface area contributed by atoms with Gasteiger partial charge in [0.25, 0.3) is 5.91 Å². The van der Waals surface area contributed by atoms with Gasteiger partial charge in [0.05, 0.1) is 0 Å². The minimum atomic E-state index is -4.66. The Morgan fingerprint density at radius 2 is 2.23 bits per heavy atom. The molecule has 0 radical (unpaired) electrons. The first kappa shape index (κ1) is 14.5. The number of aryl methyl sites for hydroxylation is 1. The van der Waals surface area contributed by atoms with E-state index in [1.165, 1.54) is 10.9 Å². The highest BCUT2D eigenvalue weighted by Gasteiger charge is 2.40. The van der Waals surface area contributed by atoms with Crippen molar-refractivity contribution in [2.24, 2.45) is 7.05 Å². The fourth-order valence-electron chi connectivity index (χ4n) is 2.42. The molecule has 3 rings (SSSR count). The molecule has 0 bridgehead atoms. The average molecular weight is 315 g/mol. The predicted octanol–water partition coefficient (Wildman–Crippen LogP) is 1.45. The lowest BCUT2D eigenvalue weighted by Gasteiger charge is -2.15. The largest absolute Gasteiger partial charge is 0.471 e. The summed E-state index contributed by atoms with van der Waals surface area (Å²) in [4.78, 5) is 17.2. The summed E-state index contributed by atoms with van der Waals surface area (Å²) in [6.07, 6.45) is -2.66. The molecule has 118 valence electrons. The lowest BCUT2D eigenvalue weighted by molar-refractivity contribution is -0.159. The standard InChI is InChI=1S/C12H12F3N5O2/c1-19-8(2-4-16-19)10(21)20-5-3-7(6-20)9-17-11(22-18-9)12(13,14)15/h2,4,7H,3,5-6H2,1H3/t7-/m0/s1. The van der Waals surface area contributed by atoms with E-state index in [1.54, 1.807) is 18.0 Å². The first-order valence-electron chi connectivity index (χ1n) is 6.54. The first-order valence-corrected chi connectivity index (χ1v) is 6.54. The highest BCUT2D eigenvalue weighted by atomic mass is 19.4. The Morgan fingerprint density at radius 3 is 2.82 bits per heavy atom. The quantitative estimate of drug-likeness (QED) is 0.838. The molecule has 0 saturated carbocycles. The molecule has 0 unspecified atom stereocenters. The second-order valence-corrected chi connectivity index (χ2v) is 5.03. The van der Waals surface area contributed by atoms with Gasteiger partial charge in [-0.2, -0.15) is 23.3 Å². The van der Waals surface area contributed by atoms with Crippen LogP contribution in [0.5, 0.6) is 0 Å². The highest BCUT2D eigenvalue weighted by Crippen LogP contribution is 2.31. The maximum Gasteiger partial charge on any atom is 0.471 e. The minimum absolute atomic E-state index is 0.0207. The van der Waals surface area contributed by atoms with E-state index in [2.05, 4.69) is 19.8 Å². The summed E-state index contributed by atoms with van der Waals surface area (Å²) in [5.41, 5.74) is 0.421. The maximum atomic E-state index is 12.5. The molecule has 0 aromatic carbocycles. The molecule has 1 aliphatic rings. The van der Waals surface area contributed by atoms with Crippen LogP contribution in [0.1, 0.15) is 34.5 Å². The number of carbonyl (C=O) groups excluding carboxylic acids is 1. The molecule has 7 nitrogen and oxygen atoms in total. The molecule has 3 heterocycles. The van der Waals surface area contributed by atoms with Crippen LogP contribution in [0.2, 0.25) is 0 Å². The molecule has 1 aliphatic heterocycles. The molecular formula is C12H12F3N5O2. The summed E-state index contributed by atoms with van der Waals surface area (Å²) in [6, 6.07) is 1.59. The number of aromatic nitrogens is 4. The zero-order valence-corrected chi connectivity index (χ0v) is 11.5. The van der Waals surface area contributed by atoms with Gasteiger partial charge in [-0.05, 0) is 12.5 Å². The smallest absolute Gasteiger partial charge is 0.337 e. The van der Waals surface area contributed by atoms with Gasteiger partial charge < -0.3 is 9.42 Å². The van der Waals surface area contributed by atoms with Crippen LogP contribution in [0.3, 0.4) is 0 Å². The van der Waals surface area contributed by atoms with Crippen molar-refractivity contribution in [1.82, 2.24) is 24.8 Å². The van der Waals surface area contributed by atoms with E-state index >= 15 is 0 Å². The second-order valence-electron chi connectivity index (χ2n) is 5.03. The van der Waals surface area contributed by atoms with E-state index in [9.17, 15) is 18.0 Å². The van der Waals surface area contributed by atoms with Crippen LogP contribution in [0.4, 0.5) is 13.2 Å². The van der Waals surface area contributed by atoms with E-state index in [4.69, 9.17) is 0 Å². The topological polar surface area (TPSA) is 77.0 Å². The van der Waals surface area contributed by atoms with Crippen molar-refractivity contribution in [3.05, 3.63) is 29.7 Å². The number of alkyl halides is 3. The van der Waals surface area contributed by atoms with Gasteiger partial charge in [-0.15, -0.1) is 0 Å². The molecule has 0 N–H and O–H groups in total. The van der Waals surface area contributed by atoms with E-state index in [1.807, 2.05) is 0 Å². The van der Waals surface area contributed by atoms with Crippen LogP contribution in [-0.4, -0.2) is 43.8 Å². The third-order valence-electron chi connectivity index (χ3n) is 3.56. The van der Waals surface area contributed by atoms with Crippen molar-refractivity contribution >= 4 is 5.91 Å². The second kappa shape index (κ2) is 5.11. The fourth-order valence-corrected chi connectivity index (χ4v) is 2.42. The monoisotopic (exact) mass is 315 g/mol. The molecule has 22 heavy (non-hydrogen) atoms. The summed E-state index contributed by atoms with van der Waals surface area (Å²) in [5, 5.41) is 7.30. The summed E-state index contributed by atoms with van der Waals surface area (Å²) in [6.45, 7) is 0.672.